The van der Waals surface area contributed by atoms with Gasteiger partial charge in [0.2, 0.25) is 0 Å². The number of para-hydroxylation sites is 1. The fourth-order valence-electron chi connectivity index (χ4n) is 3.22. The number of carbonyl (C=O) groups excluding carboxylic acids is 1. The van der Waals surface area contributed by atoms with E-state index in [1.54, 1.807) is 18.5 Å². The number of hydrogen-bond donors (Lipinski definition) is 2. The van der Waals surface area contributed by atoms with Crippen LogP contribution in [0.15, 0.2) is 40.7 Å². The average molecular weight is 527 g/mol. The largest absolute Gasteiger partial charge is 0.493 e. The van der Waals surface area contributed by atoms with Crippen LogP contribution in [-0.2, 0) is 0 Å². The standard InChI is InChI=1S/C23H22Cl3N3O3S/c1-5-27-18-14(11-33-22(18)12(2)28-13-9-7-6-8-10-13)23(30)29-19-15(24)20(31-3)17(26)21(32-4)16(19)25/h5-12,28H,1-4H3,(H,29,30)/b27-5-. The number of benzene rings is 2. The van der Waals surface area contributed by atoms with Gasteiger partial charge in [-0.2, -0.15) is 0 Å². The molecule has 174 valence electrons. The molecule has 1 aromatic heterocycles. The van der Waals surface area contributed by atoms with Crippen molar-refractivity contribution in [2.75, 3.05) is 24.9 Å². The maximum Gasteiger partial charge on any atom is 0.258 e. The lowest BCUT2D eigenvalue weighted by molar-refractivity contribution is 0.102. The van der Waals surface area contributed by atoms with E-state index in [1.807, 2.05) is 37.3 Å². The molecule has 0 saturated carbocycles. The number of nitrogens with zero attached hydrogens (tertiary/aromatic N) is 1. The van der Waals surface area contributed by atoms with Crippen molar-refractivity contribution in [2.45, 2.75) is 19.9 Å². The molecule has 0 spiro atoms. The van der Waals surface area contributed by atoms with Gasteiger partial charge >= 0.3 is 0 Å². The van der Waals surface area contributed by atoms with Crippen molar-refractivity contribution < 1.29 is 14.3 Å². The van der Waals surface area contributed by atoms with E-state index in [9.17, 15) is 4.79 Å². The van der Waals surface area contributed by atoms with Crippen LogP contribution in [0.25, 0.3) is 0 Å². The molecule has 10 heteroatoms. The van der Waals surface area contributed by atoms with Crippen molar-refractivity contribution in [3.63, 3.8) is 0 Å². The highest BCUT2D eigenvalue weighted by Crippen LogP contribution is 2.50. The summed E-state index contributed by atoms with van der Waals surface area (Å²) < 4.78 is 10.5. The maximum absolute atomic E-state index is 13.3. The fourth-order valence-corrected chi connectivity index (χ4v) is 5.33. The van der Waals surface area contributed by atoms with Crippen molar-refractivity contribution in [3.8, 4) is 11.5 Å². The molecule has 0 fully saturated rings. The highest BCUT2D eigenvalue weighted by molar-refractivity contribution is 7.11. The summed E-state index contributed by atoms with van der Waals surface area (Å²) in [4.78, 5) is 18.6. The number of ether oxygens (including phenoxy) is 2. The van der Waals surface area contributed by atoms with Gasteiger partial charge in [-0.3, -0.25) is 9.79 Å². The molecule has 1 amide bonds. The topological polar surface area (TPSA) is 72.0 Å². The van der Waals surface area contributed by atoms with Gasteiger partial charge in [-0.1, -0.05) is 53.0 Å². The first kappa shape index (κ1) is 25.2. The summed E-state index contributed by atoms with van der Waals surface area (Å²) in [7, 11) is 2.82. The number of methoxy groups -OCH3 is 2. The first-order valence-corrected chi connectivity index (χ1v) is 11.9. The Morgan fingerprint density at radius 1 is 1.06 bits per heavy atom. The third-order valence-corrected chi connectivity index (χ3v) is 6.95. The Morgan fingerprint density at radius 3 is 2.21 bits per heavy atom. The van der Waals surface area contributed by atoms with Gasteiger partial charge in [0, 0.05) is 17.3 Å². The zero-order chi connectivity index (χ0) is 24.1. The number of thiophene rings is 1. The van der Waals surface area contributed by atoms with E-state index in [4.69, 9.17) is 44.3 Å². The summed E-state index contributed by atoms with van der Waals surface area (Å²) >= 11 is 20.5. The second-order valence-electron chi connectivity index (χ2n) is 6.82. The minimum absolute atomic E-state index is 0.0664. The SMILES string of the molecule is C/C=N\c1c(C(=O)Nc2c(Cl)c(OC)c(Cl)c(OC)c2Cl)csc1C(C)Nc1ccccc1. The van der Waals surface area contributed by atoms with E-state index in [2.05, 4.69) is 15.6 Å². The predicted molar refractivity (Wildman–Crippen MR) is 139 cm³/mol. The summed E-state index contributed by atoms with van der Waals surface area (Å²) in [6, 6.07) is 9.73. The molecule has 1 heterocycles. The smallest absolute Gasteiger partial charge is 0.258 e. The highest BCUT2D eigenvalue weighted by Gasteiger charge is 2.27. The number of hydrogen-bond acceptors (Lipinski definition) is 6. The minimum atomic E-state index is -0.430. The van der Waals surface area contributed by atoms with E-state index in [0.717, 1.165) is 10.6 Å². The zero-order valence-electron chi connectivity index (χ0n) is 18.3. The number of amides is 1. The van der Waals surface area contributed by atoms with Crippen LogP contribution >= 0.6 is 46.1 Å². The number of anilines is 2. The molecule has 33 heavy (non-hydrogen) atoms. The summed E-state index contributed by atoms with van der Waals surface area (Å²) in [6.07, 6.45) is 1.64. The van der Waals surface area contributed by atoms with Crippen LogP contribution in [0, 0.1) is 0 Å². The molecule has 6 nitrogen and oxygen atoms in total. The monoisotopic (exact) mass is 525 g/mol. The lowest BCUT2D eigenvalue weighted by Crippen LogP contribution is -2.13. The minimum Gasteiger partial charge on any atom is -0.493 e. The first-order valence-electron chi connectivity index (χ1n) is 9.85. The molecule has 0 bridgehead atoms. The van der Waals surface area contributed by atoms with Gasteiger partial charge < -0.3 is 20.1 Å². The van der Waals surface area contributed by atoms with Crippen LogP contribution in [0.4, 0.5) is 17.1 Å². The second-order valence-corrected chi connectivity index (χ2v) is 8.86. The van der Waals surface area contributed by atoms with Gasteiger partial charge in [0.15, 0.2) is 11.5 Å². The number of carbonyl (C=O) groups is 1. The van der Waals surface area contributed by atoms with E-state index in [-0.39, 0.29) is 38.3 Å². The maximum atomic E-state index is 13.3. The first-order chi connectivity index (χ1) is 15.8. The summed E-state index contributed by atoms with van der Waals surface area (Å²) in [5.41, 5.74) is 2.05. The van der Waals surface area contributed by atoms with Gasteiger partial charge in [0.05, 0.1) is 42.1 Å². The van der Waals surface area contributed by atoms with Crippen LogP contribution < -0.4 is 20.1 Å². The van der Waals surface area contributed by atoms with E-state index in [0.29, 0.717) is 11.3 Å². The van der Waals surface area contributed by atoms with Crippen molar-refractivity contribution in [1.29, 1.82) is 0 Å². The lowest BCUT2D eigenvalue weighted by atomic mass is 10.1. The molecule has 0 aliphatic heterocycles. The molecule has 2 aromatic carbocycles. The average Bonchev–Trinajstić information content (AvgIpc) is 3.22. The molecule has 1 unspecified atom stereocenters. The molecule has 0 saturated heterocycles. The van der Waals surface area contributed by atoms with E-state index in [1.165, 1.54) is 25.6 Å². The fraction of sp³-hybridized carbons (Fsp3) is 0.217. The van der Waals surface area contributed by atoms with Gasteiger partial charge in [0.1, 0.15) is 15.1 Å². The molecular formula is C23H22Cl3N3O3S. The van der Waals surface area contributed by atoms with E-state index >= 15 is 0 Å². The van der Waals surface area contributed by atoms with Gasteiger partial charge in [-0.15, -0.1) is 11.3 Å². The molecule has 3 rings (SSSR count). The van der Waals surface area contributed by atoms with Crippen molar-refractivity contribution in [3.05, 3.63) is 61.2 Å². The number of nitrogens with one attached hydrogen (secondary N) is 2. The van der Waals surface area contributed by atoms with Gasteiger partial charge in [0.25, 0.3) is 5.91 Å². The van der Waals surface area contributed by atoms with Crippen molar-refractivity contribution in [2.24, 2.45) is 4.99 Å². The number of rotatable bonds is 8. The Kier molecular flexibility index (Phi) is 8.48. The molecule has 0 aliphatic carbocycles. The highest BCUT2D eigenvalue weighted by atomic mass is 35.5. The molecule has 3 aromatic rings. The molecule has 1 atom stereocenters. The third-order valence-electron chi connectivity index (χ3n) is 4.73. The summed E-state index contributed by atoms with van der Waals surface area (Å²) in [5, 5.41) is 8.19. The molecule has 0 aliphatic rings. The van der Waals surface area contributed by atoms with Crippen molar-refractivity contribution >= 4 is 75.3 Å². The van der Waals surface area contributed by atoms with Crippen LogP contribution in [0.3, 0.4) is 0 Å². The Morgan fingerprint density at radius 2 is 1.67 bits per heavy atom. The summed E-state index contributed by atoms with van der Waals surface area (Å²) in [6.45, 7) is 3.80. The van der Waals surface area contributed by atoms with Crippen LogP contribution in [0.2, 0.25) is 15.1 Å². The lowest BCUT2D eigenvalue weighted by Gasteiger charge is -2.17. The number of aliphatic imine (C=N–C) groups is 1. The van der Waals surface area contributed by atoms with Crippen LogP contribution in [0.5, 0.6) is 11.5 Å². The Balaban J connectivity index is 1.97. The zero-order valence-corrected chi connectivity index (χ0v) is 21.4. The molecule has 0 radical (unpaired) electrons. The second kappa shape index (κ2) is 11.1. The number of halogens is 3. The Labute approximate surface area is 211 Å². The molecule has 2 N–H and O–H groups in total. The van der Waals surface area contributed by atoms with Crippen LogP contribution in [0.1, 0.15) is 35.1 Å². The normalized spacial score (nSPS) is 12.0. The predicted octanol–water partition coefficient (Wildman–Crippen LogP) is 7.87. The Hall–Kier alpha value is -2.45. The van der Waals surface area contributed by atoms with Gasteiger partial charge in [-0.05, 0) is 26.0 Å². The van der Waals surface area contributed by atoms with E-state index < -0.39 is 5.91 Å². The van der Waals surface area contributed by atoms with Crippen molar-refractivity contribution in [1.82, 2.24) is 0 Å². The third kappa shape index (κ3) is 5.22. The Bertz CT molecular complexity index is 1150. The van der Waals surface area contributed by atoms with Gasteiger partial charge in [-0.25, -0.2) is 0 Å². The summed E-state index contributed by atoms with van der Waals surface area (Å²) in [5.74, 6) is -0.137. The quantitative estimate of drug-likeness (QED) is 0.293. The molecular weight excluding hydrogens is 505 g/mol. The van der Waals surface area contributed by atoms with Crippen LogP contribution in [-0.4, -0.2) is 26.3 Å².